The molecule has 0 aliphatic carbocycles. The Balaban J connectivity index is 3.07. The molecular formula is C13H16FNO5. The van der Waals surface area contributed by atoms with Crippen molar-refractivity contribution in [3.8, 4) is 11.5 Å². The van der Waals surface area contributed by atoms with E-state index in [9.17, 15) is 14.0 Å². The number of carbonyl (C=O) groups excluding carboxylic acids is 1. The third-order valence-electron chi connectivity index (χ3n) is 2.73. The van der Waals surface area contributed by atoms with Crippen LogP contribution in [0.4, 0.5) is 4.39 Å². The number of aliphatic carboxylic acids is 1. The minimum atomic E-state index is -1.57. The molecule has 0 fully saturated rings. The first kappa shape index (κ1) is 15.7. The van der Waals surface area contributed by atoms with Crippen LogP contribution in [0.5, 0.6) is 11.5 Å². The van der Waals surface area contributed by atoms with E-state index in [2.05, 4.69) is 5.32 Å². The van der Waals surface area contributed by atoms with Gasteiger partial charge in [-0.25, -0.2) is 9.18 Å². The van der Waals surface area contributed by atoms with Crippen molar-refractivity contribution in [1.29, 1.82) is 0 Å². The highest BCUT2D eigenvalue weighted by Gasteiger charge is 2.22. The topological polar surface area (TPSA) is 84.9 Å². The highest BCUT2D eigenvalue weighted by atomic mass is 19.1. The normalized spacial score (nSPS) is 11.6. The van der Waals surface area contributed by atoms with Gasteiger partial charge in [0.25, 0.3) is 5.91 Å². The molecule has 0 aliphatic rings. The van der Waals surface area contributed by atoms with Crippen LogP contribution in [-0.4, -0.2) is 43.9 Å². The first-order valence-electron chi connectivity index (χ1n) is 5.76. The van der Waals surface area contributed by atoms with Gasteiger partial charge in [0, 0.05) is 5.56 Å². The van der Waals surface area contributed by atoms with Crippen molar-refractivity contribution in [2.45, 2.75) is 13.0 Å². The quantitative estimate of drug-likeness (QED) is 0.819. The first-order valence-corrected chi connectivity index (χ1v) is 5.76. The van der Waals surface area contributed by atoms with Crippen LogP contribution in [0.15, 0.2) is 12.1 Å². The maximum Gasteiger partial charge on any atom is 0.328 e. The molecular weight excluding hydrogens is 269 g/mol. The molecule has 110 valence electrons. The Morgan fingerprint density at radius 1 is 1.30 bits per heavy atom. The number of methoxy groups -OCH3 is 2. The SMILES string of the molecule is COc1cc(C)c(C(=O)NC(CF)C(=O)O)cc1OC. The molecule has 0 saturated carbocycles. The summed E-state index contributed by atoms with van der Waals surface area (Å²) in [7, 11) is 2.87. The Labute approximate surface area is 115 Å². The summed E-state index contributed by atoms with van der Waals surface area (Å²) in [6, 6.07) is 1.43. The van der Waals surface area contributed by atoms with Crippen molar-refractivity contribution >= 4 is 11.9 Å². The molecule has 0 aromatic heterocycles. The van der Waals surface area contributed by atoms with Crippen molar-refractivity contribution in [3.63, 3.8) is 0 Å². The minimum Gasteiger partial charge on any atom is -0.493 e. The van der Waals surface area contributed by atoms with Gasteiger partial charge < -0.3 is 19.9 Å². The molecule has 0 heterocycles. The van der Waals surface area contributed by atoms with Gasteiger partial charge in [-0.2, -0.15) is 0 Å². The van der Waals surface area contributed by atoms with Crippen LogP contribution in [0.2, 0.25) is 0 Å². The van der Waals surface area contributed by atoms with Gasteiger partial charge in [0.05, 0.1) is 14.2 Å². The summed E-state index contributed by atoms with van der Waals surface area (Å²) in [6.45, 7) is 0.468. The first-order chi connectivity index (χ1) is 9.44. The Morgan fingerprint density at radius 2 is 1.85 bits per heavy atom. The van der Waals surface area contributed by atoms with E-state index in [1.807, 2.05) is 0 Å². The van der Waals surface area contributed by atoms with E-state index in [4.69, 9.17) is 14.6 Å². The van der Waals surface area contributed by atoms with Gasteiger partial charge in [-0.15, -0.1) is 0 Å². The molecule has 0 radical (unpaired) electrons. The van der Waals surface area contributed by atoms with Crippen LogP contribution in [0.25, 0.3) is 0 Å². The highest BCUT2D eigenvalue weighted by Crippen LogP contribution is 2.30. The van der Waals surface area contributed by atoms with E-state index in [1.165, 1.54) is 20.3 Å². The van der Waals surface area contributed by atoms with Crippen LogP contribution >= 0.6 is 0 Å². The lowest BCUT2D eigenvalue weighted by Crippen LogP contribution is -2.42. The van der Waals surface area contributed by atoms with Crippen LogP contribution in [0.3, 0.4) is 0 Å². The largest absolute Gasteiger partial charge is 0.493 e. The Bertz CT molecular complexity index is 518. The van der Waals surface area contributed by atoms with E-state index in [0.717, 1.165) is 0 Å². The molecule has 2 N–H and O–H groups in total. The second-order valence-corrected chi connectivity index (χ2v) is 4.04. The standard InChI is InChI=1S/C13H16FNO5/c1-7-4-10(19-2)11(20-3)5-8(7)12(16)15-9(6-14)13(17)18/h4-5,9H,6H2,1-3H3,(H,15,16)(H,17,18). The number of halogens is 1. The fourth-order valence-electron chi connectivity index (χ4n) is 1.63. The molecule has 20 heavy (non-hydrogen) atoms. The van der Waals surface area contributed by atoms with Crippen LogP contribution in [-0.2, 0) is 4.79 Å². The molecule has 0 aliphatic heterocycles. The van der Waals surface area contributed by atoms with E-state index in [1.54, 1.807) is 13.0 Å². The van der Waals surface area contributed by atoms with Gasteiger partial charge in [-0.05, 0) is 24.6 Å². The van der Waals surface area contributed by atoms with Crippen molar-refractivity contribution in [1.82, 2.24) is 5.32 Å². The Kier molecular flexibility index (Phi) is 5.31. The number of aryl methyl sites for hydroxylation is 1. The molecule has 6 nitrogen and oxygen atoms in total. The maximum absolute atomic E-state index is 12.5. The zero-order valence-corrected chi connectivity index (χ0v) is 11.4. The smallest absolute Gasteiger partial charge is 0.328 e. The van der Waals surface area contributed by atoms with Gasteiger partial charge >= 0.3 is 5.97 Å². The van der Waals surface area contributed by atoms with E-state index >= 15 is 0 Å². The predicted molar refractivity (Wildman–Crippen MR) is 69.1 cm³/mol. The third-order valence-corrected chi connectivity index (χ3v) is 2.73. The van der Waals surface area contributed by atoms with Gasteiger partial charge in [0.1, 0.15) is 6.67 Å². The number of rotatable bonds is 6. The summed E-state index contributed by atoms with van der Waals surface area (Å²) in [4.78, 5) is 22.7. The lowest BCUT2D eigenvalue weighted by Gasteiger charge is -2.15. The molecule has 0 saturated heterocycles. The fraction of sp³-hybridized carbons (Fsp3) is 0.385. The van der Waals surface area contributed by atoms with Crippen molar-refractivity contribution < 1.29 is 28.6 Å². The van der Waals surface area contributed by atoms with Crippen molar-refractivity contribution in [2.75, 3.05) is 20.9 Å². The molecule has 1 rings (SSSR count). The number of amides is 1. The van der Waals surface area contributed by atoms with Crippen LogP contribution in [0.1, 0.15) is 15.9 Å². The molecule has 7 heteroatoms. The summed E-state index contributed by atoms with van der Waals surface area (Å²) in [5, 5.41) is 10.8. The predicted octanol–water partition coefficient (Wildman–Crippen LogP) is 1.16. The molecule has 1 unspecified atom stereocenters. The molecule has 1 aromatic rings. The van der Waals surface area contributed by atoms with Gasteiger partial charge in [0.2, 0.25) is 0 Å². The molecule has 0 spiro atoms. The molecule has 0 bridgehead atoms. The number of nitrogens with one attached hydrogen (secondary N) is 1. The van der Waals surface area contributed by atoms with E-state index in [-0.39, 0.29) is 5.56 Å². The average Bonchev–Trinajstić information content (AvgIpc) is 2.43. The van der Waals surface area contributed by atoms with E-state index < -0.39 is 24.6 Å². The second-order valence-electron chi connectivity index (χ2n) is 4.04. The third kappa shape index (κ3) is 3.37. The summed E-state index contributed by atoms with van der Waals surface area (Å²) in [6.07, 6.45) is 0. The number of alkyl halides is 1. The Hall–Kier alpha value is -2.31. The number of carbonyl (C=O) groups is 2. The van der Waals surface area contributed by atoms with Crippen molar-refractivity contribution in [3.05, 3.63) is 23.3 Å². The Morgan fingerprint density at radius 3 is 2.30 bits per heavy atom. The van der Waals surface area contributed by atoms with Crippen LogP contribution in [0, 0.1) is 6.92 Å². The van der Waals surface area contributed by atoms with Crippen LogP contribution < -0.4 is 14.8 Å². The monoisotopic (exact) mass is 285 g/mol. The summed E-state index contributed by atoms with van der Waals surface area (Å²) >= 11 is 0. The molecule has 1 amide bonds. The zero-order chi connectivity index (χ0) is 15.3. The average molecular weight is 285 g/mol. The van der Waals surface area contributed by atoms with Gasteiger partial charge in [-0.3, -0.25) is 4.79 Å². The highest BCUT2D eigenvalue weighted by molar-refractivity contribution is 5.98. The number of hydrogen-bond acceptors (Lipinski definition) is 4. The van der Waals surface area contributed by atoms with E-state index in [0.29, 0.717) is 17.1 Å². The number of carboxylic acids is 1. The second kappa shape index (κ2) is 6.74. The summed E-state index contributed by atoms with van der Waals surface area (Å²) in [5.41, 5.74) is 0.755. The lowest BCUT2D eigenvalue weighted by atomic mass is 10.1. The fourth-order valence-corrected chi connectivity index (χ4v) is 1.63. The minimum absolute atomic E-state index is 0.197. The zero-order valence-electron chi connectivity index (χ0n) is 11.4. The lowest BCUT2D eigenvalue weighted by molar-refractivity contribution is -0.139. The number of hydrogen-bond donors (Lipinski definition) is 2. The summed E-state index contributed by atoms with van der Waals surface area (Å²) in [5.74, 6) is -1.34. The number of carboxylic acid groups (broad SMARTS) is 1. The summed E-state index contributed by atoms with van der Waals surface area (Å²) < 4.78 is 22.7. The van der Waals surface area contributed by atoms with Gasteiger partial charge in [0.15, 0.2) is 17.5 Å². The number of ether oxygens (including phenoxy) is 2. The maximum atomic E-state index is 12.5. The van der Waals surface area contributed by atoms with Gasteiger partial charge in [-0.1, -0.05) is 0 Å². The molecule has 1 aromatic carbocycles. The number of benzene rings is 1. The van der Waals surface area contributed by atoms with Crippen molar-refractivity contribution in [2.24, 2.45) is 0 Å². The molecule has 1 atom stereocenters.